The molecule has 0 spiro atoms. The Kier molecular flexibility index (Phi) is 2.62. The average molecular weight is 293 g/mol. The van der Waals surface area contributed by atoms with Crippen molar-refractivity contribution in [3.8, 4) is 5.75 Å². The molecule has 0 aliphatic heterocycles. The van der Waals surface area contributed by atoms with Crippen molar-refractivity contribution in [2.45, 2.75) is 0 Å². The maximum absolute atomic E-state index is 12.0. The van der Waals surface area contributed by atoms with Crippen LogP contribution in [0.25, 0.3) is 10.8 Å². The molecule has 5 heteroatoms. The highest BCUT2D eigenvalue weighted by Crippen LogP contribution is 2.41. The van der Waals surface area contributed by atoms with Gasteiger partial charge in [-0.15, -0.1) is 0 Å². The van der Waals surface area contributed by atoms with Crippen molar-refractivity contribution in [3.63, 3.8) is 0 Å². The van der Waals surface area contributed by atoms with E-state index in [0.29, 0.717) is 10.8 Å². The van der Waals surface area contributed by atoms with E-state index < -0.39 is 11.6 Å². The quantitative estimate of drug-likeness (QED) is 0.805. The van der Waals surface area contributed by atoms with Crippen LogP contribution in [0.1, 0.15) is 20.7 Å². The molecule has 0 fully saturated rings. The van der Waals surface area contributed by atoms with E-state index in [1.807, 2.05) is 0 Å². The second-order valence-corrected chi connectivity index (χ2v) is 4.93. The van der Waals surface area contributed by atoms with Crippen molar-refractivity contribution in [1.82, 2.24) is 0 Å². The van der Waals surface area contributed by atoms with E-state index in [-0.39, 0.29) is 26.9 Å². The molecular weight excluding hydrogens is 287 g/mol. The minimum atomic E-state index is -0.553. The van der Waals surface area contributed by atoms with Gasteiger partial charge in [-0.25, -0.2) is 0 Å². The summed E-state index contributed by atoms with van der Waals surface area (Å²) in [6.45, 7) is 0. The van der Waals surface area contributed by atoms with E-state index in [4.69, 9.17) is 23.2 Å². The molecule has 3 nitrogen and oxygen atoms in total. The number of ketones is 2. The van der Waals surface area contributed by atoms with Crippen LogP contribution in [0, 0.1) is 0 Å². The molecule has 1 aliphatic rings. The van der Waals surface area contributed by atoms with Gasteiger partial charge in [0.25, 0.3) is 0 Å². The molecule has 1 aliphatic carbocycles. The van der Waals surface area contributed by atoms with Crippen LogP contribution in [-0.4, -0.2) is 16.7 Å². The van der Waals surface area contributed by atoms with Crippen LogP contribution in [0.5, 0.6) is 5.75 Å². The Morgan fingerprint density at radius 1 is 0.947 bits per heavy atom. The van der Waals surface area contributed by atoms with Gasteiger partial charge in [0.1, 0.15) is 5.75 Å². The van der Waals surface area contributed by atoms with E-state index >= 15 is 0 Å². The Hall–Kier alpha value is -1.84. The first kappa shape index (κ1) is 12.2. The van der Waals surface area contributed by atoms with Gasteiger partial charge in [-0.05, 0) is 0 Å². The fraction of sp³-hybridized carbons (Fsp3) is 0. The summed E-state index contributed by atoms with van der Waals surface area (Å²) in [7, 11) is 0. The van der Waals surface area contributed by atoms with Gasteiger partial charge in [0.2, 0.25) is 5.78 Å². The van der Waals surface area contributed by atoms with Crippen molar-refractivity contribution in [2.24, 2.45) is 0 Å². The minimum Gasteiger partial charge on any atom is -0.507 e. The normalized spacial score (nSPS) is 14.5. The molecule has 0 amide bonds. The maximum Gasteiger partial charge on any atom is 0.206 e. The number of carbonyl (C=O) groups excluding carboxylic acids is 2. The highest BCUT2D eigenvalue weighted by molar-refractivity contribution is 6.52. The number of hydrogen-bond donors (Lipinski definition) is 1. The van der Waals surface area contributed by atoms with Gasteiger partial charge in [0.15, 0.2) is 5.78 Å². The number of hydrogen-bond acceptors (Lipinski definition) is 3. The zero-order chi connectivity index (χ0) is 13.7. The smallest absolute Gasteiger partial charge is 0.206 e. The summed E-state index contributed by atoms with van der Waals surface area (Å²) in [5.41, 5.74) is -0.117. The molecule has 2 aromatic carbocycles. The number of benzene rings is 2. The fourth-order valence-corrected chi connectivity index (χ4v) is 2.74. The van der Waals surface area contributed by atoms with Crippen molar-refractivity contribution in [3.05, 3.63) is 51.5 Å². The highest BCUT2D eigenvalue weighted by atomic mass is 35.5. The number of Topliss-reactive ketones (excluding diaryl/α,β-unsaturated/α-hetero) is 1. The highest BCUT2D eigenvalue weighted by Gasteiger charge is 2.31. The molecule has 0 saturated heterocycles. The summed E-state index contributed by atoms with van der Waals surface area (Å²) in [6, 6.07) is 6.74. The Morgan fingerprint density at radius 2 is 1.58 bits per heavy atom. The molecular formula is C14H6Cl2O3. The van der Waals surface area contributed by atoms with Crippen molar-refractivity contribution < 1.29 is 14.7 Å². The van der Waals surface area contributed by atoms with Gasteiger partial charge in [0, 0.05) is 16.8 Å². The summed E-state index contributed by atoms with van der Waals surface area (Å²) < 4.78 is 0. The molecule has 0 saturated carbocycles. The third kappa shape index (κ3) is 1.59. The predicted molar refractivity (Wildman–Crippen MR) is 73.2 cm³/mol. The summed E-state index contributed by atoms with van der Waals surface area (Å²) in [5, 5.41) is 11.1. The lowest BCUT2D eigenvalue weighted by Gasteiger charge is -2.17. The van der Waals surface area contributed by atoms with Crippen LogP contribution >= 0.6 is 23.2 Å². The second kappa shape index (κ2) is 4.08. The molecule has 0 radical (unpaired) electrons. The standard InChI is InChI=1S/C14H6Cl2O3/c15-8-5-9(17)10-11(14(8)19)12(16)6-3-1-2-4-7(6)13(10)18/h1-5,18H. The number of fused-ring (bicyclic) bond motifs is 2. The second-order valence-electron chi connectivity index (χ2n) is 4.14. The number of phenols is 1. The zero-order valence-corrected chi connectivity index (χ0v) is 10.9. The largest absolute Gasteiger partial charge is 0.507 e. The predicted octanol–water partition coefficient (Wildman–Crippen LogP) is 3.70. The van der Waals surface area contributed by atoms with E-state index in [1.54, 1.807) is 24.3 Å². The van der Waals surface area contributed by atoms with Crippen molar-refractivity contribution in [1.29, 1.82) is 0 Å². The number of carbonyl (C=O) groups is 2. The number of rotatable bonds is 0. The van der Waals surface area contributed by atoms with Gasteiger partial charge < -0.3 is 5.11 Å². The van der Waals surface area contributed by atoms with E-state index in [9.17, 15) is 14.7 Å². The molecule has 94 valence electrons. The fourth-order valence-electron chi connectivity index (χ4n) is 2.20. The third-order valence-corrected chi connectivity index (χ3v) is 3.75. The Labute approximate surface area is 118 Å². The lowest BCUT2D eigenvalue weighted by molar-refractivity contribution is 0.0988. The van der Waals surface area contributed by atoms with E-state index in [2.05, 4.69) is 0 Å². The first-order valence-electron chi connectivity index (χ1n) is 5.41. The molecule has 0 heterocycles. The maximum atomic E-state index is 12.0. The molecule has 0 atom stereocenters. The topological polar surface area (TPSA) is 54.4 Å². The van der Waals surface area contributed by atoms with Gasteiger partial charge in [-0.2, -0.15) is 0 Å². The third-order valence-electron chi connectivity index (χ3n) is 3.07. The van der Waals surface area contributed by atoms with E-state index in [1.165, 1.54) is 0 Å². The lowest BCUT2D eigenvalue weighted by atomic mass is 9.90. The number of halogens is 2. The van der Waals surface area contributed by atoms with Crippen molar-refractivity contribution >= 4 is 45.5 Å². The van der Waals surface area contributed by atoms with Crippen LogP contribution in [0.2, 0.25) is 5.02 Å². The van der Waals surface area contributed by atoms with Crippen LogP contribution < -0.4 is 0 Å². The zero-order valence-electron chi connectivity index (χ0n) is 9.41. The molecule has 0 bridgehead atoms. The Balaban J connectivity index is 2.54. The van der Waals surface area contributed by atoms with Gasteiger partial charge in [0.05, 0.1) is 21.2 Å². The Bertz CT molecular complexity index is 791. The van der Waals surface area contributed by atoms with Crippen molar-refractivity contribution in [2.75, 3.05) is 0 Å². The average Bonchev–Trinajstić information content (AvgIpc) is 2.40. The molecule has 3 rings (SSSR count). The molecule has 0 aromatic heterocycles. The monoisotopic (exact) mass is 292 g/mol. The number of allylic oxidation sites excluding steroid dienone is 2. The molecule has 19 heavy (non-hydrogen) atoms. The summed E-state index contributed by atoms with van der Waals surface area (Å²) in [6.07, 6.45) is 0.997. The SMILES string of the molecule is O=C1C=C(Cl)C(=O)c2c1c(O)c1ccccc1c2Cl. The molecule has 1 N–H and O–H groups in total. The lowest BCUT2D eigenvalue weighted by Crippen LogP contribution is -2.15. The van der Waals surface area contributed by atoms with E-state index in [0.717, 1.165) is 6.08 Å². The Morgan fingerprint density at radius 3 is 2.26 bits per heavy atom. The van der Waals surface area contributed by atoms with Crippen LogP contribution in [0.15, 0.2) is 35.4 Å². The summed E-state index contributed by atoms with van der Waals surface area (Å²) in [4.78, 5) is 24.0. The first-order chi connectivity index (χ1) is 9.02. The summed E-state index contributed by atoms with van der Waals surface area (Å²) >= 11 is 11.9. The van der Waals surface area contributed by atoms with Gasteiger partial charge in [-0.1, -0.05) is 47.5 Å². The number of aromatic hydroxyl groups is 1. The van der Waals surface area contributed by atoms with Crippen LogP contribution in [0.3, 0.4) is 0 Å². The summed E-state index contributed by atoms with van der Waals surface area (Å²) in [5.74, 6) is -1.32. The van der Waals surface area contributed by atoms with Gasteiger partial charge >= 0.3 is 0 Å². The van der Waals surface area contributed by atoms with Crippen LogP contribution in [-0.2, 0) is 0 Å². The minimum absolute atomic E-state index is 0.0321. The first-order valence-corrected chi connectivity index (χ1v) is 6.17. The van der Waals surface area contributed by atoms with Crippen LogP contribution in [0.4, 0.5) is 0 Å². The number of phenolic OH excluding ortho intramolecular Hbond substituents is 1. The molecule has 2 aromatic rings. The molecule has 0 unspecified atom stereocenters. The van der Waals surface area contributed by atoms with Gasteiger partial charge in [-0.3, -0.25) is 9.59 Å².